The molecule has 2 heterocycles. The molecular weight excluding hydrogens is 342 g/mol. The SMILES string of the molecule is CC1=CCC(c2cc(C3=C(c4sc(C)nc4C)CCC3)c(C)s2)C=C1. The van der Waals surface area contributed by atoms with Crippen LogP contribution in [-0.2, 0) is 0 Å². The number of nitrogens with zero attached hydrogens (tertiary/aromatic N) is 1. The van der Waals surface area contributed by atoms with Crippen LogP contribution in [0.3, 0.4) is 0 Å². The first-order valence-electron chi connectivity index (χ1n) is 9.15. The van der Waals surface area contributed by atoms with Gasteiger partial charge < -0.3 is 0 Å². The summed E-state index contributed by atoms with van der Waals surface area (Å²) in [6.45, 7) is 8.77. The van der Waals surface area contributed by atoms with E-state index in [2.05, 4.69) is 57.0 Å². The van der Waals surface area contributed by atoms with Crippen LogP contribution in [0, 0.1) is 20.8 Å². The summed E-state index contributed by atoms with van der Waals surface area (Å²) in [6.07, 6.45) is 11.8. The number of allylic oxidation sites excluding steroid dienone is 6. The third-order valence-electron chi connectivity index (χ3n) is 5.31. The van der Waals surface area contributed by atoms with E-state index in [1.807, 2.05) is 22.7 Å². The van der Waals surface area contributed by atoms with Gasteiger partial charge in [0.25, 0.3) is 0 Å². The fraction of sp³-hybridized carbons (Fsp3) is 0.409. The van der Waals surface area contributed by atoms with E-state index in [-0.39, 0.29) is 0 Å². The molecule has 2 aromatic heterocycles. The maximum atomic E-state index is 4.66. The van der Waals surface area contributed by atoms with Crippen molar-refractivity contribution in [1.29, 1.82) is 0 Å². The van der Waals surface area contributed by atoms with Crippen LogP contribution in [0.5, 0.6) is 0 Å². The number of rotatable bonds is 3. The highest BCUT2D eigenvalue weighted by atomic mass is 32.1. The highest BCUT2D eigenvalue weighted by Crippen LogP contribution is 2.46. The van der Waals surface area contributed by atoms with Crippen molar-refractivity contribution in [1.82, 2.24) is 4.98 Å². The van der Waals surface area contributed by atoms with Crippen molar-refractivity contribution in [2.75, 3.05) is 0 Å². The minimum Gasteiger partial charge on any atom is -0.246 e. The zero-order valence-corrected chi connectivity index (χ0v) is 17.1. The lowest BCUT2D eigenvalue weighted by atomic mass is 9.94. The Balaban J connectivity index is 1.73. The van der Waals surface area contributed by atoms with Gasteiger partial charge in [-0.2, -0.15) is 0 Å². The van der Waals surface area contributed by atoms with E-state index in [4.69, 9.17) is 0 Å². The quantitative estimate of drug-likeness (QED) is 0.558. The Labute approximate surface area is 158 Å². The van der Waals surface area contributed by atoms with Crippen molar-refractivity contribution < 1.29 is 0 Å². The maximum absolute atomic E-state index is 4.66. The molecular formula is C22H25NS2. The summed E-state index contributed by atoms with van der Waals surface area (Å²) in [5.74, 6) is 0.555. The largest absolute Gasteiger partial charge is 0.246 e. The second kappa shape index (κ2) is 6.69. The predicted molar refractivity (Wildman–Crippen MR) is 112 cm³/mol. The first-order valence-corrected chi connectivity index (χ1v) is 10.8. The van der Waals surface area contributed by atoms with E-state index >= 15 is 0 Å². The molecule has 0 saturated heterocycles. The lowest BCUT2D eigenvalue weighted by molar-refractivity contribution is 0.863. The molecule has 1 unspecified atom stereocenters. The van der Waals surface area contributed by atoms with Gasteiger partial charge in [0, 0.05) is 15.7 Å². The molecule has 3 heteroatoms. The summed E-state index contributed by atoms with van der Waals surface area (Å²) < 4.78 is 0. The van der Waals surface area contributed by atoms with Crippen LogP contribution in [0.4, 0.5) is 0 Å². The van der Waals surface area contributed by atoms with Gasteiger partial charge in [-0.05, 0) is 76.2 Å². The molecule has 2 aromatic rings. The van der Waals surface area contributed by atoms with Crippen molar-refractivity contribution in [3.63, 3.8) is 0 Å². The van der Waals surface area contributed by atoms with Gasteiger partial charge in [-0.1, -0.05) is 23.8 Å². The number of aromatic nitrogens is 1. The first kappa shape index (κ1) is 17.0. The van der Waals surface area contributed by atoms with E-state index in [9.17, 15) is 0 Å². The van der Waals surface area contributed by atoms with Crippen LogP contribution < -0.4 is 0 Å². The summed E-state index contributed by atoms with van der Waals surface area (Å²) in [5.41, 5.74) is 7.24. The average Bonchev–Trinajstić information content (AvgIpc) is 3.26. The Morgan fingerprint density at radius 3 is 2.52 bits per heavy atom. The molecule has 1 atom stereocenters. The molecule has 2 aliphatic carbocycles. The molecule has 0 saturated carbocycles. The Morgan fingerprint density at radius 1 is 1.04 bits per heavy atom. The normalized spacial score (nSPS) is 20.5. The van der Waals surface area contributed by atoms with Gasteiger partial charge in [0.15, 0.2) is 0 Å². The highest BCUT2D eigenvalue weighted by molar-refractivity contribution is 7.13. The van der Waals surface area contributed by atoms with Gasteiger partial charge in [-0.3, -0.25) is 0 Å². The second-order valence-corrected chi connectivity index (χ2v) is 9.72. The van der Waals surface area contributed by atoms with E-state index in [1.165, 1.54) is 55.7 Å². The van der Waals surface area contributed by atoms with Gasteiger partial charge in [-0.15, -0.1) is 22.7 Å². The first-order chi connectivity index (χ1) is 12.0. The van der Waals surface area contributed by atoms with Crippen LogP contribution in [-0.4, -0.2) is 4.98 Å². The van der Waals surface area contributed by atoms with Crippen LogP contribution in [0.2, 0.25) is 0 Å². The maximum Gasteiger partial charge on any atom is 0.0903 e. The zero-order chi connectivity index (χ0) is 17.6. The summed E-state index contributed by atoms with van der Waals surface area (Å²) in [6, 6.07) is 2.48. The number of hydrogen-bond donors (Lipinski definition) is 0. The van der Waals surface area contributed by atoms with Gasteiger partial charge >= 0.3 is 0 Å². The molecule has 0 radical (unpaired) electrons. The Hall–Kier alpha value is -1.45. The fourth-order valence-corrected chi connectivity index (χ4v) is 6.20. The molecule has 0 spiro atoms. The Kier molecular flexibility index (Phi) is 4.55. The van der Waals surface area contributed by atoms with E-state index < -0.39 is 0 Å². The molecule has 0 aliphatic heterocycles. The summed E-state index contributed by atoms with van der Waals surface area (Å²) in [5, 5.41) is 1.18. The van der Waals surface area contributed by atoms with E-state index in [1.54, 1.807) is 11.1 Å². The summed E-state index contributed by atoms with van der Waals surface area (Å²) in [7, 11) is 0. The lowest BCUT2D eigenvalue weighted by Crippen LogP contribution is -1.95. The number of thiophene rings is 1. The summed E-state index contributed by atoms with van der Waals surface area (Å²) in [4.78, 5) is 9.08. The molecule has 4 rings (SSSR count). The molecule has 130 valence electrons. The van der Waals surface area contributed by atoms with Crippen LogP contribution in [0.1, 0.15) is 69.4 Å². The van der Waals surface area contributed by atoms with Crippen LogP contribution in [0.15, 0.2) is 29.9 Å². The van der Waals surface area contributed by atoms with E-state index in [0.717, 1.165) is 6.42 Å². The van der Waals surface area contributed by atoms with Crippen molar-refractivity contribution >= 4 is 33.8 Å². The zero-order valence-electron chi connectivity index (χ0n) is 15.5. The Bertz CT molecular complexity index is 905. The number of aryl methyl sites for hydroxylation is 3. The van der Waals surface area contributed by atoms with Crippen LogP contribution in [0.25, 0.3) is 11.1 Å². The molecule has 0 amide bonds. The van der Waals surface area contributed by atoms with Crippen molar-refractivity contribution in [2.24, 2.45) is 0 Å². The van der Waals surface area contributed by atoms with Crippen molar-refractivity contribution in [3.05, 3.63) is 60.8 Å². The average molecular weight is 368 g/mol. The smallest absolute Gasteiger partial charge is 0.0903 e. The monoisotopic (exact) mass is 367 g/mol. The molecule has 0 bridgehead atoms. The second-order valence-electron chi connectivity index (χ2n) is 7.23. The van der Waals surface area contributed by atoms with Crippen LogP contribution >= 0.6 is 22.7 Å². The van der Waals surface area contributed by atoms with Crippen molar-refractivity contribution in [3.8, 4) is 0 Å². The third-order valence-corrected chi connectivity index (χ3v) is 7.62. The molecule has 0 aromatic carbocycles. The standard InChI is InChI=1S/C22H25NS2/c1-13-8-10-17(11-9-13)21-12-20(15(3)24-21)18-6-5-7-19(18)22-14(2)23-16(4)25-22/h8-10,12,17H,5-7,11H2,1-4H3. The number of thiazole rings is 1. The molecule has 1 nitrogen and oxygen atoms in total. The fourth-order valence-electron chi connectivity index (χ4n) is 4.03. The molecule has 2 aliphatic rings. The van der Waals surface area contributed by atoms with Crippen molar-refractivity contribution in [2.45, 2.75) is 59.3 Å². The van der Waals surface area contributed by atoms with Gasteiger partial charge in [-0.25, -0.2) is 4.98 Å². The summed E-state index contributed by atoms with van der Waals surface area (Å²) >= 11 is 3.86. The molecule has 0 fully saturated rings. The third kappa shape index (κ3) is 3.20. The highest BCUT2D eigenvalue weighted by Gasteiger charge is 2.24. The minimum atomic E-state index is 0.555. The van der Waals surface area contributed by atoms with Gasteiger partial charge in [0.2, 0.25) is 0 Å². The van der Waals surface area contributed by atoms with Gasteiger partial charge in [0.05, 0.1) is 15.6 Å². The molecule has 0 N–H and O–H groups in total. The lowest BCUT2D eigenvalue weighted by Gasteiger charge is -2.12. The Morgan fingerprint density at radius 2 is 1.84 bits per heavy atom. The van der Waals surface area contributed by atoms with E-state index in [0.29, 0.717) is 5.92 Å². The molecule has 25 heavy (non-hydrogen) atoms. The predicted octanol–water partition coefficient (Wildman–Crippen LogP) is 7.21. The topological polar surface area (TPSA) is 12.9 Å². The minimum absolute atomic E-state index is 0.555. The van der Waals surface area contributed by atoms with Gasteiger partial charge in [0.1, 0.15) is 0 Å². The number of hydrogen-bond acceptors (Lipinski definition) is 3.